The van der Waals surface area contributed by atoms with Crippen molar-refractivity contribution in [3.63, 3.8) is 0 Å². The van der Waals surface area contributed by atoms with Gasteiger partial charge in [-0.3, -0.25) is 4.79 Å². The largest absolute Gasteiger partial charge is 0.396 e. The highest BCUT2D eigenvalue weighted by Crippen LogP contribution is 2.20. The number of halogens is 2. The van der Waals surface area contributed by atoms with Crippen molar-refractivity contribution in [3.8, 4) is 0 Å². The molecule has 0 saturated carbocycles. The number of nitrogen functional groups attached to an aromatic ring is 1. The lowest BCUT2D eigenvalue weighted by Gasteiger charge is -2.02. The number of H-pyrrole nitrogens is 1. The van der Waals surface area contributed by atoms with Gasteiger partial charge >= 0.3 is 0 Å². The van der Waals surface area contributed by atoms with Crippen LogP contribution >= 0.6 is 0 Å². The van der Waals surface area contributed by atoms with Crippen LogP contribution in [0.1, 0.15) is 11.1 Å². The van der Waals surface area contributed by atoms with Crippen LogP contribution in [0, 0.1) is 11.6 Å². The van der Waals surface area contributed by atoms with Crippen LogP contribution < -0.4 is 11.3 Å². The van der Waals surface area contributed by atoms with Crippen molar-refractivity contribution in [3.05, 3.63) is 63.6 Å². The van der Waals surface area contributed by atoms with Crippen LogP contribution in [0.15, 0.2) is 35.3 Å². The second-order valence-electron chi connectivity index (χ2n) is 3.68. The van der Waals surface area contributed by atoms with Gasteiger partial charge in [0.05, 0.1) is 5.69 Å². The summed E-state index contributed by atoms with van der Waals surface area (Å²) in [5.74, 6) is -1.51. The molecule has 3 nitrogen and oxygen atoms in total. The Kier molecular flexibility index (Phi) is 3.23. The van der Waals surface area contributed by atoms with E-state index in [1.807, 2.05) is 0 Å². The number of anilines is 1. The normalized spacial score (nSPS) is 11.0. The van der Waals surface area contributed by atoms with Gasteiger partial charge in [0, 0.05) is 17.8 Å². The Labute approximate surface area is 102 Å². The van der Waals surface area contributed by atoms with Gasteiger partial charge in [0.15, 0.2) is 5.82 Å². The Morgan fingerprint density at radius 1 is 1.17 bits per heavy atom. The third-order valence-electron chi connectivity index (χ3n) is 2.40. The minimum Gasteiger partial charge on any atom is -0.396 e. The summed E-state index contributed by atoms with van der Waals surface area (Å²) < 4.78 is 27.0. The van der Waals surface area contributed by atoms with E-state index in [1.54, 1.807) is 6.07 Å². The Hall–Kier alpha value is -2.43. The SMILES string of the molecule is Nc1ccc(F)c(C=Cc2cc[nH]c(=O)c2)c1F. The Morgan fingerprint density at radius 3 is 2.67 bits per heavy atom. The monoisotopic (exact) mass is 248 g/mol. The third-order valence-corrected chi connectivity index (χ3v) is 2.40. The molecule has 92 valence electrons. The maximum Gasteiger partial charge on any atom is 0.248 e. The minimum atomic E-state index is -0.809. The number of nitrogens with two attached hydrogens (primary N) is 1. The van der Waals surface area contributed by atoms with Crippen molar-refractivity contribution in [1.82, 2.24) is 4.98 Å². The van der Waals surface area contributed by atoms with Gasteiger partial charge < -0.3 is 10.7 Å². The first-order valence-corrected chi connectivity index (χ1v) is 5.18. The molecule has 0 amide bonds. The molecule has 2 rings (SSSR count). The lowest BCUT2D eigenvalue weighted by atomic mass is 10.1. The van der Waals surface area contributed by atoms with Gasteiger partial charge in [0.2, 0.25) is 5.56 Å². The zero-order valence-corrected chi connectivity index (χ0v) is 9.28. The van der Waals surface area contributed by atoms with Gasteiger partial charge in [-0.2, -0.15) is 0 Å². The summed E-state index contributed by atoms with van der Waals surface area (Å²) >= 11 is 0. The molecule has 0 aliphatic rings. The van der Waals surface area contributed by atoms with Gasteiger partial charge in [-0.05, 0) is 29.8 Å². The molecule has 5 heteroatoms. The molecule has 1 aromatic carbocycles. The van der Waals surface area contributed by atoms with E-state index in [4.69, 9.17) is 5.73 Å². The van der Waals surface area contributed by atoms with Crippen LogP contribution in [0.5, 0.6) is 0 Å². The number of aromatic amines is 1. The molecule has 0 fully saturated rings. The summed E-state index contributed by atoms with van der Waals surface area (Å²) in [6, 6.07) is 5.18. The fraction of sp³-hybridized carbons (Fsp3) is 0. The Balaban J connectivity index is 2.40. The number of nitrogens with one attached hydrogen (secondary N) is 1. The smallest absolute Gasteiger partial charge is 0.248 e. The summed E-state index contributed by atoms with van der Waals surface area (Å²) in [5.41, 5.74) is 5.26. The molecule has 18 heavy (non-hydrogen) atoms. The van der Waals surface area contributed by atoms with E-state index in [1.165, 1.54) is 24.4 Å². The van der Waals surface area contributed by atoms with Crippen molar-refractivity contribution in [2.45, 2.75) is 0 Å². The van der Waals surface area contributed by atoms with Crippen LogP contribution in [-0.2, 0) is 0 Å². The molecule has 0 atom stereocenters. The molecule has 2 aromatic rings. The maximum absolute atomic E-state index is 13.6. The lowest BCUT2D eigenvalue weighted by molar-refractivity contribution is 0.582. The van der Waals surface area contributed by atoms with Crippen LogP contribution in [-0.4, -0.2) is 4.98 Å². The van der Waals surface area contributed by atoms with E-state index in [0.29, 0.717) is 5.56 Å². The summed E-state index contributed by atoms with van der Waals surface area (Å²) in [4.78, 5) is 13.5. The van der Waals surface area contributed by atoms with Gasteiger partial charge in [-0.25, -0.2) is 8.78 Å². The van der Waals surface area contributed by atoms with E-state index in [2.05, 4.69) is 4.98 Å². The van der Waals surface area contributed by atoms with Gasteiger partial charge in [0.25, 0.3) is 0 Å². The third kappa shape index (κ3) is 2.45. The minimum absolute atomic E-state index is 0.123. The summed E-state index contributed by atoms with van der Waals surface area (Å²) in [6.07, 6.45) is 4.14. The molecule has 0 spiro atoms. The summed E-state index contributed by atoms with van der Waals surface area (Å²) in [7, 11) is 0. The average molecular weight is 248 g/mol. The average Bonchev–Trinajstić information content (AvgIpc) is 2.34. The lowest BCUT2D eigenvalue weighted by Crippen LogP contribution is -2.01. The molecule has 1 aromatic heterocycles. The number of rotatable bonds is 2. The zero-order valence-electron chi connectivity index (χ0n) is 9.28. The van der Waals surface area contributed by atoms with Crippen molar-refractivity contribution >= 4 is 17.8 Å². The van der Waals surface area contributed by atoms with E-state index in [0.717, 1.165) is 12.1 Å². The second kappa shape index (κ2) is 4.83. The van der Waals surface area contributed by atoms with Gasteiger partial charge in [-0.15, -0.1) is 0 Å². The van der Waals surface area contributed by atoms with Crippen LogP contribution in [0.2, 0.25) is 0 Å². The predicted molar refractivity (Wildman–Crippen MR) is 66.8 cm³/mol. The van der Waals surface area contributed by atoms with Crippen LogP contribution in [0.25, 0.3) is 12.2 Å². The molecule has 0 bridgehead atoms. The van der Waals surface area contributed by atoms with E-state index in [9.17, 15) is 13.6 Å². The standard InChI is InChI=1S/C13H10F2N2O/c14-10-3-4-11(16)13(15)9(10)2-1-8-5-6-17-12(18)7-8/h1-7H,16H2,(H,17,18). The fourth-order valence-corrected chi connectivity index (χ4v) is 1.48. The van der Waals surface area contributed by atoms with Crippen LogP contribution in [0.4, 0.5) is 14.5 Å². The first kappa shape index (κ1) is 12.0. The molecular formula is C13H10F2N2O. The molecule has 0 saturated heterocycles. The van der Waals surface area contributed by atoms with Gasteiger partial charge in [0.1, 0.15) is 5.82 Å². The molecule has 0 aliphatic carbocycles. The first-order chi connectivity index (χ1) is 8.58. The van der Waals surface area contributed by atoms with Gasteiger partial charge in [-0.1, -0.05) is 6.08 Å². The molecule has 1 heterocycles. The van der Waals surface area contributed by atoms with E-state index >= 15 is 0 Å². The number of hydrogen-bond donors (Lipinski definition) is 2. The number of hydrogen-bond acceptors (Lipinski definition) is 2. The highest BCUT2D eigenvalue weighted by Gasteiger charge is 2.08. The molecule has 0 aliphatic heterocycles. The molecule has 3 N–H and O–H groups in total. The maximum atomic E-state index is 13.6. The zero-order chi connectivity index (χ0) is 13.1. The second-order valence-corrected chi connectivity index (χ2v) is 3.68. The van der Waals surface area contributed by atoms with Crippen LogP contribution in [0.3, 0.4) is 0 Å². The number of aromatic nitrogens is 1. The van der Waals surface area contributed by atoms with E-state index in [-0.39, 0.29) is 16.8 Å². The van der Waals surface area contributed by atoms with Crippen molar-refractivity contribution in [2.75, 3.05) is 5.73 Å². The van der Waals surface area contributed by atoms with Crippen molar-refractivity contribution in [1.29, 1.82) is 0 Å². The molecule has 0 radical (unpaired) electrons. The van der Waals surface area contributed by atoms with E-state index < -0.39 is 11.6 Å². The highest BCUT2D eigenvalue weighted by atomic mass is 19.1. The quantitative estimate of drug-likeness (QED) is 0.802. The topological polar surface area (TPSA) is 58.9 Å². The van der Waals surface area contributed by atoms with Crippen molar-refractivity contribution in [2.24, 2.45) is 0 Å². The summed E-state index contributed by atoms with van der Waals surface area (Å²) in [6.45, 7) is 0. The predicted octanol–water partition coefficient (Wildman–Crippen LogP) is 2.41. The first-order valence-electron chi connectivity index (χ1n) is 5.18. The number of pyridine rings is 1. The summed E-state index contributed by atoms with van der Waals surface area (Å²) in [5, 5.41) is 0. The highest BCUT2D eigenvalue weighted by molar-refractivity contribution is 5.71. The molecule has 0 unspecified atom stereocenters. The Morgan fingerprint density at radius 2 is 1.94 bits per heavy atom. The number of benzene rings is 1. The Bertz CT molecular complexity index is 662. The molecular weight excluding hydrogens is 238 g/mol. The fourth-order valence-electron chi connectivity index (χ4n) is 1.48. The van der Waals surface area contributed by atoms with Crippen molar-refractivity contribution < 1.29 is 8.78 Å².